The quantitative estimate of drug-likeness (QED) is 0.842. The van der Waals surface area contributed by atoms with Crippen LogP contribution in [0.25, 0.3) is 0 Å². The third kappa shape index (κ3) is 2.71. The number of hydrogen-bond acceptors (Lipinski definition) is 4. The minimum absolute atomic E-state index is 1.05. The van der Waals surface area contributed by atoms with E-state index in [1.54, 1.807) is 11.3 Å². The lowest BCUT2D eigenvalue weighted by Gasteiger charge is -2.34. The molecule has 18 heavy (non-hydrogen) atoms. The highest BCUT2D eigenvalue weighted by Crippen LogP contribution is 2.19. The van der Waals surface area contributed by atoms with Gasteiger partial charge in [-0.25, -0.2) is 4.98 Å². The van der Waals surface area contributed by atoms with Gasteiger partial charge in [0.15, 0.2) is 5.13 Å². The largest absolute Gasteiger partial charge is 0.346 e. The highest BCUT2D eigenvalue weighted by atomic mass is 32.1. The summed E-state index contributed by atoms with van der Waals surface area (Å²) in [5.41, 5.74) is 1.40. The maximum atomic E-state index is 4.25. The molecule has 3 rings (SSSR count). The third-order valence-electron chi connectivity index (χ3n) is 3.27. The van der Waals surface area contributed by atoms with E-state index in [0.29, 0.717) is 0 Å². The zero-order valence-corrected chi connectivity index (χ0v) is 11.1. The summed E-state index contributed by atoms with van der Waals surface area (Å²) in [6, 6.07) is 10.7. The van der Waals surface area contributed by atoms with Crippen molar-refractivity contribution in [1.29, 1.82) is 0 Å². The van der Waals surface area contributed by atoms with Gasteiger partial charge >= 0.3 is 0 Å². The molecule has 0 amide bonds. The van der Waals surface area contributed by atoms with Crippen LogP contribution >= 0.6 is 11.3 Å². The molecule has 0 N–H and O–H groups in total. The van der Waals surface area contributed by atoms with Crippen LogP contribution < -0.4 is 4.90 Å². The summed E-state index contributed by atoms with van der Waals surface area (Å²) in [7, 11) is 0. The smallest absolute Gasteiger partial charge is 0.186 e. The molecule has 1 aromatic carbocycles. The van der Waals surface area contributed by atoms with Gasteiger partial charge in [0.05, 0.1) is 0 Å². The minimum Gasteiger partial charge on any atom is -0.346 e. The molecule has 1 aliphatic rings. The molecule has 0 bridgehead atoms. The van der Waals surface area contributed by atoms with Crippen LogP contribution in [0.2, 0.25) is 0 Å². The predicted octanol–water partition coefficient (Wildman–Crippen LogP) is 2.27. The SMILES string of the molecule is [c]1csc(N2CCN(Cc3ccccc3)CC2)n1. The molecule has 1 aliphatic heterocycles. The molecule has 0 saturated carbocycles. The van der Waals surface area contributed by atoms with E-state index in [-0.39, 0.29) is 0 Å². The molecule has 93 valence electrons. The fourth-order valence-corrected chi connectivity index (χ4v) is 2.92. The molecule has 1 saturated heterocycles. The second kappa shape index (κ2) is 5.50. The van der Waals surface area contributed by atoms with E-state index >= 15 is 0 Å². The first kappa shape index (κ1) is 11.7. The summed E-state index contributed by atoms with van der Waals surface area (Å²) in [5.74, 6) is 0. The summed E-state index contributed by atoms with van der Waals surface area (Å²) in [6.07, 6.45) is 2.89. The van der Waals surface area contributed by atoms with Crippen LogP contribution in [0.3, 0.4) is 0 Å². The molecule has 1 aromatic heterocycles. The monoisotopic (exact) mass is 258 g/mol. The number of thiazole rings is 1. The van der Waals surface area contributed by atoms with Crippen molar-refractivity contribution in [1.82, 2.24) is 9.88 Å². The van der Waals surface area contributed by atoms with Gasteiger partial charge in [-0.1, -0.05) is 30.3 Å². The molecular weight excluding hydrogens is 242 g/mol. The molecule has 0 aliphatic carbocycles. The van der Waals surface area contributed by atoms with Gasteiger partial charge in [-0.2, -0.15) is 0 Å². The second-order valence-corrected chi connectivity index (χ2v) is 5.34. The van der Waals surface area contributed by atoms with E-state index in [1.807, 2.05) is 5.38 Å². The molecule has 0 atom stereocenters. The highest BCUT2D eigenvalue weighted by Gasteiger charge is 2.18. The van der Waals surface area contributed by atoms with Gasteiger partial charge in [0, 0.05) is 38.1 Å². The van der Waals surface area contributed by atoms with Crippen molar-refractivity contribution in [3.05, 3.63) is 47.5 Å². The van der Waals surface area contributed by atoms with Gasteiger partial charge in [-0.05, 0) is 5.56 Å². The Balaban J connectivity index is 1.54. The van der Waals surface area contributed by atoms with E-state index < -0.39 is 0 Å². The Bertz CT molecular complexity index is 461. The average molecular weight is 258 g/mol. The molecule has 0 unspecified atom stereocenters. The Morgan fingerprint density at radius 3 is 2.56 bits per heavy atom. The maximum absolute atomic E-state index is 4.25. The predicted molar refractivity (Wildman–Crippen MR) is 74.9 cm³/mol. The Morgan fingerprint density at radius 2 is 1.89 bits per heavy atom. The number of rotatable bonds is 3. The zero-order chi connectivity index (χ0) is 12.2. The first-order chi connectivity index (χ1) is 8.92. The Kier molecular flexibility index (Phi) is 3.57. The molecule has 2 heterocycles. The van der Waals surface area contributed by atoms with E-state index in [4.69, 9.17) is 0 Å². The van der Waals surface area contributed by atoms with Gasteiger partial charge < -0.3 is 4.90 Å². The first-order valence-corrected chi connectivity index (χ1v) is 7.12. The molecule has 4 heteroatoms. The van der Waals surface area contributed by atoms with Crippen LogP contribution in [0.1, 0.15) is 5.56 Å². The van der Waals surface area contributed by atoms with Crippen molar-refractivity contribution < 1.29 is 0 Å². The number of aromatic nitrogens is 1. The van der Waals surface area contributed by atoms with Crippen LogP contribution in [0.4, 0.5) is 5.13 Å². The average Bonchev–Trinajstić information content (AvgIpc) is 2.95. The lowest BCUT2D eigenvalue weighted by Crippen LogP contribution is -2.45. The number of hydrogen-bond donors (Lipinski definition) is 0. The van der Waals surface area contributed by atoms with E-state index in [9.17, 15) is 0 Å². The van der Waals surface area contributed by atoms with Crippen LogP contribution in [0.15, 0.2) is 35.7 Å². The summed E-state index contributed by atoms with van der Waals surface area (Å²) in [5, 5.41) is 3.03. The van der Waals surface area contributed by atoms with E-state index in [1.165, 1.54) is 5.56 Å². The zero-order valence-electron chi connectivity index (χ0n) is 10.2. The van der Waals surface area contributed by atoms with Crippen molar-refractivity contribution in [3.8, 4) is 0 Å². The number of nitrogens with zero attached hydrogens (tertiary/aromatic N) is 3. The highest BCUT2D eigenvalue weighted by molar-refractivity contribution is 7.13. The van der Waals surface area contributed by atoms with Crippen LogP contribution in [-0.4, -0.2) is 36.1 Å². The molecule has 0 spiro atoms. The molecular formula is C14H16N3S. The van der Waals surface area contributed by atoms with Crippen LogP contribution in [0.5, 0.6) is 0 Å². The Hall–Kier alpha value is -1.39. The Morgan fingerprint density at radius 1 is 1.11 bits per heavy atom. The second-order valence-electron chi connectivity index (χ2n) is 4.51. The van der Waals surface area contributed by atoms with Crippen LogP contribution in [0, 0.1) is 6.20 Å². The standard InChI is InChI=1S/C14H16N3S/c1-2-4-13(5-3-1)12-16-7-9-17(10-8-16)14-15-6-11-18-14/h1-5,11H,7-10,12H2. The van der Waals surface area contributed by atoms with Crippen molar-refractivity contribution in [2.24, 2.45) is 0 Å². The topological polar surface area (TPSA) is 19.4 Å². The van der Waals surface area contributed by atoms with Gasteiger partial charge in [0.2, 0.25) is 0 Å². The van der Waals surface area contributed by atoms with Gasteiger partial charge in [0.25, 0.3) is 0 Å². The summed E-state index contributed by atoms with van der Waals surface area (Å²) < 4.78 is 0. The van der Waals surface area contributed by atoms with Crippen molar-refractivity contribution in [3.63, 3.8) is 0 Å². The van der Waals surface area contributed by atoms with Crippen molar-refractivity contribution in [2.45, 2.75) is 6.54 Å². The van der Waals surface area contributed by atoms with Crippen molar-refractivity contribution in [2.75, 3.05) is 31.1 Å². The summed E-state index contributed by atoms with van der Waals surface area (Å²) in [4.78, 5) is 9.10. The Labute approximate surface area is 112 Å². The molecule has 1 fully saturated rings. The number of piperazine rings is 1. The maximum Gasteiger partial charge on any atom is 0.186 e. The fraction of sp³-hybridized carbons (Fsp3) is 0.357. The lowest BCUT2D eigenvalue weighted by atomic mass is 10.2. The summed E-state index contributed by atoms with van der Waals surface area (Å²) in [6.45, 7) is 5.39. The number of benzene rings is 1. The van der Waals surface area contributed by atoms with E-state index in [0.717, 1.165) is 37.9 Å². The van der Waals surface area contributed by atoms with Gasteiger partial charge in [-0.15, -0.1) is 11.3 Å². The lowest BCUT2D eigenvalue weighted by molar-refractivity contribution is 0.250. The molecule has 2 aromatic rings. The molecule has 1 radical (unpaired) electrons. The molecule has 3 nitrogen and oxygen atoms in total. The number of anilines is 1. The summed E-state index contributed by atoms with van der Waals surface area (Å²) >= 11 is 1.68. The first-order valence-electron chi connectivity index (χ1n) is 6.24. The fourth-order valence-electron chi connectivity index (χ4n) is 2.27. The van der Waals surface area contributed by atoms with Gasteiger partial charge in [-0.3, -0.25) is 4.90 Å². The van der Waals surface area contributed by atoms with Gasteiger partial charge in [0.1, 0.15) is 6.20 Å². The van der Waals surface area contributed by atoms with Crippen LogP contribution in [-0.2, 0) is 6.54 Å². The third-order valence-corrected chi connectivity index (χ3v) is 4.05. The minimum atomic E-state index is 1.05. The van der Waals surface area contributed by atoms with E-state index in [2.05, 4.69) is 51.3 Å². The normalized spacial score (nSPS) is 17.0. The van der Waals surface area contributed by atoms with Crippen molar-refractivity contribution >= 4 is 16.5 Å².